The summed E-state index contributed by atoms with van der Waals surface area (Å²) >= 11 is 0. The fourth-order valence-electron chi connectivity index (χ4n) is 2.20. The molecule has 1 aliphatic rings. The summed E-state index contributed by atoms with van der Waals surface area (Å²) in [5.41, 5.74) is 2.70. The molecule has 0 radical (unpaired) electrons. The predicted molar refractivity (Wildman–Crippen MR) is 74.4 cm³/mol. The van der Waals surface area contributed by atoms with Gasteiger partial charge in [-0.3, -0.25) is 0 Å². The highest BCUT2D eigenvalue weighted by Crippen LogP contribution is 2.44. The van der Waals surface area contributed by atoms with Gasteiger partial charge < -0.3 is 5.32 Å². The number of hydrogen-bond donors (Lipinski definition) is 1. The Labute approximate surface area is 110 Å². The number of nitrogens with zero attached hydrogens (tertiary/aromatic N) is 1. The normalized spacial score (nSPS) is 17.2. The van der Waals surface area contributed by atoms with Crippen molar-refractivity contribution in [2.75, 3.05) is 13.1 Å². The van der Waals surface area contributed by atoms with Crippen LogP contribution in [0, 0.1) is 23.7 Å². The molecule has 1 aromatic rings. The van der Waals surface area contributed by atoms with E-state index in [1.54, 1.807) is 0 Å². The zero-order chi connectivity index (χ0) is 13.2. The molecule has 0 atom stereocenters. The lowest BCUT2D eigenvalue weighted by Gasteiger charge is -2.26. The molecule has 0 amide bonds. The fraction of sp³-hybridized carbons (Fsp3) is 0.562. The molecule has 1 N–H and O–H groups in total. The van der Waals surface area contributed by atoms with E-state index >= 15 is 0 Å². The standard InChI is InChI=1S/C16H22N2/c1-13-4-6-14(7-5-13)15(2,3)11-18-12-16(10-17)8-9-16/h4-7,18H,8-9,11-12H2,1-3H3. The molecule has 0 spiro atoms. The first-order chi connectivity index (χ1) is 8.47. The lowest BCUT2D eigenvalue weighted by molar-refractivity contribution is 0.443. The van der Waals surface area contributed by atoms with E-state index in [0.717, 1.165) is 25.9 Å². The van der Waals surface area contributed by atoms with Crippen molar-refractivity contribution in [2.24, 2.45) is 5.41 Å². The van der Waals surface area contributed by atoms with Crippen molar-refractivity contribution in [2.45, 2.75) is 39.0 Å². The third-order valence-corrected chi connectivity index (χ3v) is 3.95. The zero-order valence-corrected chi connectivity index (χ0v) is 11.6. The summed E-state index contributed by atoms with van der Waals surface area (Å²) in [5, 5.41) is 12.5. The zero-order valence-electron chi connectivity index (χ0n) is 11.6. The van der Waals surface area contributed by atoms with E-state index in [2.05, 4.69) is 56.4 Å². The van der Waals surface area contributed by atoms with E-state index in [9.17, 15) is 0 Å². The largest absolute Gasteiger partial charge is 0.314 e. The van der Waals surface area contributed by atoms with Gasteiger partial charge >= 0.3 is 0 Å². The Morgan fingerprint density at radius 2 is 1.89 bits per heavy atom. The molecule has 0 aromatic heterocycles. The number of aryl methyl sites for hydroxylation is 1. The van der Waals surface area contributed by atoms with Gasteiger partial charge in [-0.2, -0.15) is 5.26 Å². The van der Waals surface area contributed by atoms with Gasteiger partial charge in [-0.25, -0.2) is 0 Å². The molecule has 2 rings (SSSR count). The van der Waals surface area contributed by atoms with Crippen molar-refractivity contribution in [3.05, 3.63) is 35.4 Å². The van der Waals surface area contributed by atoms with Crippen molar-refractivity contribution < 1.29 is 0 Å². The van der Waals surface area contributed by atoms with Crippen molar-refractivity contribution in [3.63, 3.8) is 0 Å². The molecule has 2 nitrogen and oxygen atoms in total. The fourth-order valence-corrected chi connectivity index (χ4v) is 2.20. The van der Waals surface area contributed by atoms with Gasteiger partial charge in [-0.15, -0.1) is 0 Å². The first kappa shape index (κ1) is 13.1. The van der Waals surface area contributed by atoms with Crippen LogP contribution in [0.25, 0.3) is 0 Å². The van der Waals surface area contributed by atoms with E-state index in [0.29, 0.717) is 0 Å². The van der Waals surface area contributed by atoms with Gasteiger partial charge in [-0.1, -0.05) is 43.7 Å². The van der Waals surface area contributed by atoms with Crippen molar-refractivity contribution in [1.29, 1.82) is 5.26 Å². The van der Waals surface area contributed by atoms with E-state index < -0.39 is 0 Å². The number of nitrogens with one attached hydrogen (secondary N) is 1. The molecule has 1 fully saturated rings. The van der Waals surface area contributed by atoms with Gasteiger partial charge in [0.1, 0.15) is 0 Å². The van der Waals surface area contributed by atoms with Crippen LogP contribution >= 0.6 is 0 Å². The molecule has 1 aromatic carbocycles. The molecule has 0 aliphatic heterocycles. The second-order valence-electron chi connectivity index (χ2n) is 6.25. The van der Waals surface area contributed by atoms with Crippen LogP contribution in [0.3, 0.4) is 0 Å². The van der Waals surface area contributed by atoms with E-state index in [-0.39, 0.29) is 10.8 Å². The lowest BCUT2D eigenvalue weighted by atomic mass is 9.84. The average Bonchev–Trinajstić information content (AvgIpc) is 3.10. The second kappa shape index (κ2) is 4.74. The quantitative estimate of drug-likeness (QED) is 0.861. The highest BCUT2D eigenvalue weighted by Gasteiger charge is 2.42. The van der Waals surface area contributed by atoms with Crippen LogP contribution in [0.15, 0.2) is 24.3 Å². The van der Waals surface area contributed by atoms with Crippen LogP contribution < -0.4 is 5.32 Å². The van der Waals surface area contributed by atoms with Crippen LogP contribution in [0.2, 0.25) is 0 Å². The SMILES string of the molecule is Cc1ccc(C(C)(C)CNCC2(C#N)CC2)cc1. The van der Waals surface area contributed by atoms with Crippen LogP contribution in [-0.2, 0) is 5.41 Å². The maximum absolute atomic E-state index is 9.04. The maximum atomic E-state index is 9.04. The minimum absolute atomic E-state index is 0.0522. The Morgan fingerprint density at radius 1 is 1.28 bits per heavy atom. The maximum Gasteiger partial charge on any atom is 0.0703 e. The number of hydrogen-bond acceptors (Lipinski definition) is 2. The Kier molecular flexibility index (Phi) is 3.45. The van der Waals surface area contributed by atoms with Crippen LogP contribution in [0.5, 0.6) is 0 Å². The average molecular weight is 242 g/mol. The Morgan fingerprint density at radius 3 is 2.39 bits per heavy atom. The molecule has 0 unspecified atom stereocenters. The van der Waals surface area contributed by atoms with E-state index in [1.807, 2.05) is 0 Å². The first-order valence-corrected chi connectivity index (χ1v) is 6.67. The molecule has 0 bridgehead atoms. The molecular weight excluding hydrogens is 220 g/mol. The minimum atomic E-state index is -0.0522. The first-order valence-electron chi connectivity index (χ1n) is 6.67. The highest BCUT2D eigenvalue weighted by molar-refractivity contribution is 5.27. The summed E-state index contributed by atoms with van der Waals surface area (Å²) in [7, 11) is 0. The Balaban J connectivity index is 1.91. The van der Waals surface area contributed by atoms with E-state index in [1.165, 1.54) is 11.1 Å². The summed E-state index contributed by atoms with van der Waals surface area (Å²) in [5.74, 6) is 0. The molecule has 0 saturated heterocycles. The van der Waals surface area contributed by atoms with Gasteiger partial charge in [0.15, 0.2) is 0 Å². The van der Waals surface area contributed by atoms with Gasteiger partial charge in [-0.05, 0) is 25.3 Å². The lowest BCUT2D eigenvalue weighted by Crippen LogP contribution is -2.35. The molecule has 2 heteroatoms. The highest BCUT2D eigenvalue weighted by atomic mass is 14.9. The van der Waals surface area contributed by atoms with Gasteiger partial charge in [0.25, 0.3) is 0 Å². The van der Waals surface area contributed by atoms with Gasteiger partial charge in [0.05, 0.1) is 11.5 Å². The Hall–Kier alpha value is -1.33. The summed E-state index contributed by atoms with van der Waals surface area (Å²) < 4.78 is 0. The number of rotatable bonds is 5. The molecule has 1 aliphatic carbocycles. The van der Waals surface area contributed by atoms with E-state index in [4.69, 9.17) is 5.26 Å². The number of benzene rings is 1. The van der Waals surface area contributed by atoms with Crippen molar-refractivity contribution in [1.82, 2.24) is 5.32 Å². The Bertz CT molecular complexity index is 447. The summed E-state index contributed by atoms with van der Waals surface area (Å²) in [4.78, 5) is 0. The smallest absolute Gasteiger partial charge is 0.0703 e. The predicted octanol–water partition coefficient (Wildman–Crippen LogP) is 3.17. The third kappa shape index (κ3) is 2.91. The van der Waals surface area contributed by atoms with Gasteiger partial charge in [0.2, 0.25) is 0 Å². The van der Waals surface area contributed by atoms with Crippen LogP contribution in [-0.4, -0.2) is 13.1 Å². The molecule has 18 heavy (non-hydrogen) atoms. The second-order valence-corrected chi connectivity index (χ2v) is 6.25. The molecule has 96 valence electrons. The topological polar surface area (TPSA) is 35.8 Å². The summed E-state index contributed by atoms with van der Waals surface area (Å²) in [6, 6.07) is 11.2. The molecule has 1 saturated carbocycles. The van der Waals surface area contributed by atoms with Crippen LogP contribution in [0.4, 0.5) is 0 Å². The number of nitriles is 1. The van der Waals surface area contributed by atoms with Crippen molar-refractivity contribution >= 4 is 0 Å². The third-order valence-electron chi connectivity index (χ3n) is 3.95. The van der Waals surface area contributed by atoms with Gasteiger partial charge in [0, 0.05) is 18.5 Å². The molecule has 0 heterocycles. The monoisotopic (exact) mass is 242 g/mol. The summed E-state index contributed by atoms with van der Waals surface area (Å²) in [6.07, 6.45) is 2.11. The minimum Gasteiger partial charge on any atom is -0.314 e. The summed E-state index contributed by atoms with van der Waals surface area (Å²) in [6.45, 7) is 8.35. The van der Waals surface area contributed by atoms with Crippen molar-refractivity contribution in [3.8, 4) is 6.07 Å². The molecular formula is C16H22N2. The van der Waals surface area contributed by atoms with Crippen LogP contribution in [0.1, 0.15) is 37.8 Å².